The number of benzene rings is 2. The summed E-state index contributed by atoms with van der Waals surface area (Å²) < 4.78 is 35.7. The molecule has 0 aliphatic heterocycles. The number of hydrogen-bond acceptors (Lipinski definition) is 5. The van der Waals surface area contributed by atoms with Gasteiger partial charge in [-0.05, 0) is 42.8 Å². The fourth-order valence-electron chi connectivity index (χ4n) is 2.92. The SMILES string of the molecule is Cc1nn(Cc2ccc(Cl)cc2)c(Cl)c1/C=C/C(=O)OCC(=O)Nc1ccccc1OC(F)F. The molecule has 1 heterocycles. The van der Waals surface area contributed by atoms with Crippen LogP contribution < -0.4 is 10.1 Å². The Bertz CT molecular complexity index is 1200. The molecule has 1 aromatic heterocycles. The summed E-state index contributed by atoms with van der Waals surface area (Å²) in [6, 6.07) is 12.9. The summed E-state index contributed by atoms with van der Waals surface area (Å²) in [4.78, 5) is 24.1. The van der Waals surface area contributed by atoms with Crippen LogP contribution in [0.3, 0.4) is 0 Å². The van der Waals surface area contributed by atoms with Crippen LogP contribution in [-0.4, -0.2) is 34.9 Å². The predicted molar refractivity (Wildman–Crippen MR) is 124 cm³/mol. The molecular formula is C23H19Cl2F2N3O4. The third-order valence-electron chi connectivity index (χ3n) is 4.46. The Balaban J connectivity index is 1.56. The lowest BCUT2D eigenvalue weighted by molar-refractivity contribution is -0.142. The van der Waals surface area contributed by atoms with Gasteiger partial charge in [0.05, 0.1) is 17.9 Å². The molecule has 0 aliphatic carbocycles. The van der Waals surface area contributed by atoms with Gasteiger partial charge >= 0.3 is 12.6 Å². The van der Waals surface area contributed by atoms with Crippen LogP contribution in [0.1, 0.15) is 16.8 Å². The van der Waals surface area contributed by atoms with E-state index in [2.05, 4.69) is 15.2 Å². The van der Waals surface area contributed by atoms with Crippen molar-refractivity contribution in [1.29, 1.82) is 0 Å². The van der Waals surface area contributed by atoms with Crippen molar-refractivity contribution >= 4 is 46.8 Å². The molecule has 0 fully saturated rings. The van der Waals surface area contributed by atoms with Gasteiger partial charge in [0, 0.05) is 16.7 Å². The van der Waals surface area contributed by atoms with E-state index < -0.39 is 25.1 Å². The number of anilines is 1. The second-order valence-electron chi connectivity index (χ2n) is 6.94. The third-order valence-corrected chi connectivity index (χ3v) is 5.11. The first-order valence-electron chi connectivity index (χ1n) is 9.89. The molecule has 2 aromatic carbocycles. The zero-order chi connectivity index (χ0) is 24.7. The van der Waals surface area contributed by atoms with Crippen LogP contribution in [0.2, 0.25) is 10.2 Å². The van der Waals surface area contributed by atoms with Crippen molar-refractivity contribution in [3.8, 4) is 5.75 Å². The van der Waals surface area contributed by atoms with Crippen molar-refractivity contribution < 1.29 is 27.8 Å². The standard InChI is InChI=1S/C23H19Cl2F2N3O4/c1-14-17(22(25)30(29-14)12-15-6-8-16(24)9-7-15)10-11-21(32)33-13-20(31)28-18-4-2-3-5-19(18)34-23(26)27/h2-11,23H,12-13H2,1H3,(H,28,31)/b11-10+. The van der Waals surface area contributed by atoms with Crippen LogP contribution in [0.25, 0.3) is 6.08 Å². The summed E-state index contributed by atoms with van der Waals surface area (Å²) in [7, 11) is 0. The van der Waals surface area contributed by atoms with E-state index in [1.165, 1.54) is 30.3 Å². The minimum absolute atomic E-state index is 0.0231. The van der Waals surface area contributed by atoms with Gasteiger partial charge in [-0.1, -0.05) is 47.5 Å². The van der Waals surface area contributed by atoms with Gasteiger partial charge in [-0.2, -0.15) is 13.9 Å². The van der Waals surface area contributed by atoms with Crippen molar-refractivity contribution in [2.45, 2.75) is 20.1 Å². The Morgan fingerprint density at radius 1 is 1.15 bits per heavy atom. The molecular weight excluding hydrogens is 491 g/mol. The number of rotatable bonds is 9. The van der Waals surface area contributed by atoms with Gasteiger partial charge in [-0.3, -0.25) is 4.79 Å². The Hall–Kier alpha value is -3.43. The molecule has 3 rings (SSSR count). The van der Waals surface area contributed by atoms with E-state index in [0.717, 1.165) is 11.6 Å². The van der Waals surface area contributed by atoms with Crippen molar-refractivity contribution in [2.24, 2.45) is 0 Å². The average molecular weight is 510 g/mol. The number of halogens is 4. The highest BCUT2D eigenvalue weighted by molar-refractivity contribution is 6.31. The van der Waals surface area contributed by atoms with Crippen LogP contribution in [0.5, 0.6) is 5.75 Å². The Morgan fingerprint density at radius 2 is 1.85 bits per heavy atom. The lowest BCUT2D eigenvalue weighted by atomic mass is 10.2. The molecule has 0 atom stereocenters. The number of hydrogen-bond donors (Lipinski definition) is 1. The minimum atomic E-state index is -3.05. The van der Waals surface area contributed by atoms with Crippen molar-refractivity contribution in [3.05, 3.63) is 81.6 Å². The smallest absolute Gasteiger partial charge is 0.387 e. The quantitative estimate of drug-likeness (QED) is 0.310. The van der Waals surface area contributed by atoms with Crippen LogP contribution in [0, 0.1) is 6.92 Å². The topological polar surface area (TPSA) is 82.5 Å². The number of ether oxygens (including phenoxy) is 2. The number of amides is 1. The van der Waals surface area contributed by atoms with Gasteiger partial charge in [0.25, 0.3) is 5.91 Å². The normalized spacial score (nSPS) is 11.1. The summed E-state index contributed by atoms with van der Waals surface area (Å²) in [6.07, 6.45) is 2.55. The van der Waals surface area contributed by atoms with Crippen LogP contribution in [0.4, 0.5) is 14.5 Å². The summed E-state index contributed by atoms with van der Waals surface area (Å²) in [5.41, 5.74) is 2.08. The molecule has 0 radical (unpaired) electrons. The number of esters is 1. The van der Waals surface area contributed by atoms with Gasteiger partial charge in [-0.25, -0.2) is 9.48 Å². The summed E-state index contributed by atoms with van der Waals surface area (Å²) in [5.74, 6) is -1.73. The average Bonchev–Trinajstić information content (AvgIpc) is 3.05. The summed E-state index contributed by atoms with van der Waals surface area (Å²) in [5, 5.41) is 7.67. The Labute approximate surface area is 203 Å². The maximum absolute atomic E-state index is 12.5. The number of aromatic nitrogens is 2. The first-order chi connectivity index (χ1) is 16.2. The molecule has 11 heteroatoms. The molecule has 1 amide bonds. The molecule has 0 bridgehead atoms. The third kappa shape index (κ3) is 7.03. The van der Waals surface area contributed by atoms with Crippen molar-refractivity contribution in [3.63, 3.8) is 0 Å². The number of nitrogens with one attached hydrogen (secondary N) is 1. The van der Waals surface area contributed by atoms with Crippen LogP contribution in [-0.2, 0) is 20.9 Å². The maximum atomic E-state index is 12.5. The molecule has 0 unspecified atom stereocenters. The van der Waals surface area contributed by atoms with E-state index in [1.807, 2.05) is 12.1 Å². The first kappa shape index (κ1) is 25.2. The first-order valence-corrected chi connectivity index (χ1v) is 10.6. The van der Waals surface area contributed by atoms with E-state index >= 15 is 0 Å². The van der Waals surface area contributed by atoms with Gasteiger partial charge < -0.3 is 14.8 Å². The van der Waals surface area contributed by atoms with Crippen molar-refractivity contribution in [1.82, 2.24) is 9.78 Å². The fraction of sp³-hybridized carbons (Fsp3) is 0.174. The maximum Gasteiger partial charge on any atom is 0.387 e. The monoisotopic (exact) mass is 509 g/mol. The zero-order valence-corrected chi connectivity index (χ0v) is 19.3. The molecule has 1 N–H and O–H groups in total. The molecule has 7 nitrogen and oxygen atoms in total. The van der Waals surface area contributed by atoms with E-state index in [9.17, 15) is 18.4 Å². The second-order valence-corrected chi connectivity index (χ2v) is 7.73. The van der Waals surface area contributed by atoms with E-state index in [4.69, 9.17) is 27.9 Å². The highest BCUT2D eigenvalue weighted by atomic mass is 35.5. The summed E-state index contributed by atoms with van der Waals surface area (Å²) >= 11 is 12.3. The predicted octanol–water partition coefficient (Wildman–Crippen LogP) is 5.34. The van der Waals surface area contributed by atoms with Gasteiger partial charge in [0.15, 0.2) is 6.61 Å². The van der Waals surface area contributed by atoms with Crippen molar-refractivity contribution in [2.75, 3.05) is 11.9 Å². The van der Waals surface area contributed by atoms with Gasteiger partial charge in [0.1, 0.15) is 10.9 Å². The number of nitrogens with zero attached hydrogens (tertiary/aromatic N) is 2. The summed E-state index contributed by atoms with van der Waals surface area (Å²) in [6.45, 7) is -1.53. The molecule has 34 heavy (non-hydrogen) atoms. The highest BCUT2D eigenvalue weighted by Gasteiger charge is 2.14. The van der Waals surface area contributed by atoms with Crippen LogP contribution in [0.15, 0.2) is 54.6 Å². The molecule has 0 saturated carbocycles. The zero-order valence-electron chi connectivity index (χ0n) is 17.8. The fourth-order valence-corrected chi connectivity index (χ4v) is 3.34. The van der Waals surface area contributed by atoms with Gasteiger partial charge in [-0.15, -0.1) is 0 Å². The largest absolute Gasteiger partial charge is 0.452 e. The van der Waals surface area contributed by atoms with Crippen LogP contribution >= 0.6 is 23.2 Å². The Morgan fingerprint density at radius 3 is 2.56 bits per heavy atom. The molecule has 0 saturated heterocycles. The van der Waals surface area contributed by atoms with E-state index in [1.54, 1.807) is 23.7 Å². The Kier molecular flexibility index (Phi) is 8.61. The molecule has 178 valence electrons. The van der Waals surface area contributed by atoms with E-state index in [-0.39, 0.29) is 11.4 Å². The van der Waals surface area contributed by atoms with Gasteiger partial charge in [0.2, 0.25) is 0 Å². The lowest BCUT2D eigenvalue weighted by Gasteiger charge is -2.11. The number of carbonyl (C=O) groups is 2. The van der Waals surface area contributed by atoms with E-state index in [0.29, 0.717) is 28.0 Å². The molecule has 0 spiro atoms. The lowest BCUT2D eigenvalue weighted by Crippen LogP contribution is -2.20. The number of aryl methyl sites for hydroxylation is 1. The highest BCUT2D eigenvalue weighted by Crippen LogP contribution is 2.25. The molecule has 0 aliphatic rings. The number of carbonyl (C=O) groups excluding carboxylic acids is 2. The molecule has 3 aromatic rings. The minimum Gasteiger partial charge on any atom is -0.452 e. The number of alkyl halides is 2. The number of para-hydroxylation sites is 2. The second kappa shape index (κ2) is 11.6.